The Bertz CT molecular complexity index is 907. The van der Waals surface area contributed by atoms with Crippen molar-refractivity contribution in [3.8, 4) is 11.3 Å². The highest BCUT2D eigenvalue weighted by Gasteiger charge is 2.26. The number of carbonyl (C=O) groups is 1. The van der Waals surface area contributed by atoms with E-state index in [4.69, 9.17) is 20.8 Å². The highest BCUT2D eigenvalue weighted by Crippen LogP contribution is 2.29. The smallest absolute Gasteiger partial charge is 0.289 e. The van der Waals surface area contributed by atoms with Crippen LogP contribution in [0.4, 0.5) is 0 Å². The number of rotatable bonds is 4. The molecule has 6 nitrogen and oxygen atoms in total. The Morgan fingerprint density at radius 3 is 2.93 bits per heavy atom. The summed E-state index contributed by atoms with van der Waals surface area (Å²) in [6.07, 6.45) is 4.32. The Hall–Kier alpha value is -2.57. The minimum absolute atomic E-state index is 0.102. The molecule has 1 amide bonds. The number of halogens is 1. The number of nitrogens with zero attached hydrogens (tertiary/aromatic N) is 3. The predicted octanol–water partition coefficient (Wildman–Crippen LogP) is 3.73. The zero-order chi connectivity index (χ0) is 18.6. The van der Waals surface area contributed by atoms with E-state index in [0.717, 1.165) is 12.0 Å². The SMILES string of the molecule is O=C(c1ccc(-c2ccccc2Cl)o1)N1CCCO[C@H](Cn2cccn2)C1. The summed E-state index contributed by atoms with van der Waals surface area (Å²) in [7, 11) is 0. The second-order valence-electron chi connectivity index (χ2n) is 6.47. The Kier molecular flexibility index (Phi) is 5.27. The molecule has 7 heteroatoms. The molecular formula is C20H20ClN3O3. The van der Waals surface area contributed by atoms with Gasteiger partial charge in [0.05, 0.1) is 17.7 Å². The van der Waals surface area contributed by atoms with Crippen LogP contribution in [-0.2, 0) is 11.3 Å². The second kappa shape index (κ2) is 7.98. The molecule has 1 aromatic carbocycles. The summed E-state index contributed by atoms with van der Waals surface area (Å²) in [5.41, 5.74) is 0.772. The molecule has 1 aliphatic heterocycles. The molecule has 140 valence electrons. The van der Waals surface area contributed by atoms with Crippen LogP contribution in [0.3, 0.4) is 0 Å². The normalized spacial score (nSPS) is 17.7. The van der Waals surface area contributed by atoms with Crippen molar-refractivity contribution in [2.75, 3.05) is 19.7 Å². The molecular weight excluding hydrogens is 366 g/mol. The maximum absolute atomic E-state index is 13.0. The highest BCUT2D eigenvalue weighted by molar-refractivity contribution is 6.33. The molecule has 0 bridgehead atoms. The lowest BCUT2D eigenvalue weighted by atomic mass is 10.2. The van der Waals surface area contributed by atoms with Gasteiger partial charge in [-0.1, -0.05) is 23.7 Å². The second-order valence-corrected chi connectivity index (χ2v) is 6.88. The number of furan rings is 1. The monoisotopic (exact) mass is 385 g/mol. The van der Waals surface area contributed by atoms with E-state index in [2.05, 4.69) is 5.10 Å². The van der Waals surface area contributed by atoms with Crippen molar-refractivity contribution >= 4 is 17.5 Å². The van der Waals surface area contributed by atoms with E-state index in [1.54, 1.807) is 29.3 Å². The Morgan fingerprint density at radius 2 is 2.11 bits per heavy atom. The number of benzene rings is 1. The van der Waals surface area contributed by atoms with Crippen LogP contribution in [0, 0.1) is 0 Å². The lowest BCUT2D eigenvalue weighted by molar-refractivity contribution is 0.0358. The summed E-state index contributed by atoms with van der Waals surface area (Å²) in [5, 5.41) is 4.81. The number of ether oxygens (including phenoxy) is 1. The van der Waals surface area contributed by atoms with Gasteiger partial charge in [0.1, 0.15) is 5.76 Å². The third kappa shape index (κ3) is 4.07. The molecule has 3 heterocycles. The van der Waals surface area contributed by atoms with Crippen molar-refractivity contribution in [1.29, 1.82) is 0 Å². The lowest BCUT2D eigenvalue weighted by Gasteiger charge is -2.23. The first-order valence-electron chi connectivity index (χ1n) is 8.94. The van der Waals surface area contributed by atoms with E-state index in [-0.39, 0.29) is 12.0 Å². The maximum atomic E-state index is 13.0. The van der Waals surface area contributed by atoms with Crippen molar-refractivity contribution in [2.45, 2.75) is 19.1 Å². The summed E-state index contributed by atoms with van der Waals surface area (Å²) in [5.74, 6) is 0.761. The fourth-order valence-corrected chi connectivity index (χ4v) is 3.45. The van der Waals surface area contributed by atoms with Crippen molar-refractivity contribution in [2.24, 2.45) is 0 Å². The zero-order valence-corrected chi connectivity index (χ0v) is 15.5. The van der Waals surface area contributed by atoms with Gasteiger partial charge in [-0.3, -0.25) is 9.48 Å². The molecule has 2 aromatic heterocycles. The van der Waals surface area contributed by atoms with E-state index in [1.165, 1.54) is 0 Å². The fraction of sp³-hybridized carbons (Fsp3) is 0.300. The van der Waals surface area contributed by atoms with Crippen LogP contribution in [0.15, 0.2) is 59.3 Å². The van der Waals surface area contributed by atoms with Gasteiger partial charge >= 0.3 is 0 Å². The maximum Gasteiger partial charge on any atom is 0.289 e. The van der Waals surface area contributed by atoms with Gasteiger partial charge < -0.3 is 14.1 Å². The number of aromatic nitrogens is 2. The zero-order valence-electron chi connectivity index (χ0n) is 14.8. The van der Waals surface area contributed by atoms with E-state index in [0.29, 0.717) is 42.8 Å². The largest absolute Gasteiger partial charge is 0.451 e. The minimum Gasteiger partial charge on any atom is -0.451 e. The first kappa shape index (κ1) is 17.8. The van der Waals surface area contributed by atoms with Crippen LogP contribution < -0.4 is 0 Å². The highest BCUT2D eigenvalue weighted by atomic mass is 35.5. The first-order chi connectivity index (χ1) is 13.2. The summed E-state index contributed by atoms with van der Waals surface area (Å²) < 4.78 is 13.5. The lowest BCUT2D eigenvalue weighted by Crippen LogP contribution is -2.38. The van der Waals surface area contributed by atoms with Gasteiger partial charge in [-0.15, -0.1) is 0 Å². The minimum atomic E-state index is -0.135. The van der Waals surface area contributed by atoms with E-state index in [9.17, 15) is 4.79 Å². The summed E-state index contributed by atoms with van der Waals surface area (Å²) in [6.45, 7) is 2.37. The van der Waals surface area contributed by atoms with Crippen molar-refractivity contribution in [3.05, 3.63) is 65.6 Å². The molecule has 0 N–H and O–H groups in total. The number of hydrogen-bond donors (Lipinski definition) is 0. The molecule has 3 aromatic rings. The van der Waals surface area contributed by atoms with Crippen molar-refractivity contribution in [1.82, 2.24) is 14.7 Å². The van der Waals surface area contributed by atoms with Crippen LogP contribution >= 0.6 is 11.6 Å². The Morgan fingerprint density at radius 1 is 1.22 bits per heavy atom. The van der Waals surface area contributed by atoms with Crippen LogP contribution in [0.2, 0.25) is 5.02 Å². The summed E-state index contributed by atoms with van der Waals surface area (Å²) in [6, 6.07) is 12.8. The van der Waals surface area contributed by atoms with Gasteiger partial charge in [-0.2, -0.15) is 5.10 Å². The molecule has 0 spiro atoms. The molecule has 4 rings (SSSR count). The Labute approximate surface area is 162 Å². The van der Waals surface area contributed by atoms with Crippen LogP contribution in [0.5, 0.6) is 0 Å². The van der Waals surface area contributed by atoms with Gasteiger partial charge in [0.25, 0.3) is 5.91 Å². The van der Waals surface area contributed by atoms with Gasteiger partial charge in [0.2, 0.25) is 0 Å². The summed E-state index contributed by atoms with van der Waals surface area (Å²) >= 11 is 6.22. The quantitative estimate of drug-likeness (QED) is 0.686. The van der Waals surface area contributed by atoms with Gasteiger partial charge in [-0.05, 0) is 36.8 Å². The standard InChI is InChI=1S/C20H20ClN3O3/c21-17-6-2-1-5-16(17)18-7-8-19(27-18)20(25)23-10-4-12-26-15(13-23)14-24-11-3-9-22-24/h1-3,5-9,11,15H,4,10,12-14H2/t15-/m0/s1. The van der Waals surface area contributed by atoms with Crippen molar-refractivity contribution < 1.29 is 13.9 Å². The molecule has 0 radical (unpaired) electrons. The number of hydrogen-bond acceptors (Lipinski definition) is 4. The molecule has 1 aliphatic rings. The summed E-state index contributed by atoms with van der Waals surface area (Å²) in [4.78, 5) is 14.7. The number of amides is 1. The van der Waals surface area contributed by atoms with Gasteiger partial charge in [-0.25, -0.2) is 0 Å². The van der Waals surface area contributed by atoms with Gasteiger partial charge in [0, 0.05) is 37.7 Å². The average Bonchev–Trinajstić information content (AvgIpc) is 3.31. The molecule has 0 saturated carbocycles. The average molecular weight is 386 g/mol. The molecule has 1 saturated heterocycles. The topological polar surface area (TPSA) is 60.5 Å². The van der Waals surface area contributed by atoms with E-state index < -0.39 is 0 Å². The predicted molar refractivity (Wildman–Crippen MR) is 102 cm³/mol. The third-order valence-electron chi connectivity index (χ3n) is 4.54. The fourth-order valence-electron chi connectivity index (χ4n) is 3.22. The first-order valence-corrected chi connectivity index (χ1v) is 9.31. The van der Waals surface area contributed by atoms with Crippen LogP contribution in [-0.4, -0.2) is 46.4 Å². The Balaban J connectivity index is 1.49. The van der Waals surface area contributed by atoms with Crippen LogP contribution in [0.1, 0.15) is 17.0 Å². The third-order valence-corrected chi connectivity index (χ3v) is 4.87. The molecule has 1 atom stereocenters. The number of carbonyl (C=O) groups excluding carboxylic acids is 1. The molecule has 27 heavy (non-hydrogen) atoms. The van der Waals surface area contributed by atoms with Crippen LogP contribution in [0.25, 0.3) is 11.3 Å². The molecule has 1 fully saturated rings. The van der Waals surface area contributed by atoms with E-state index >= 15 is 0 Å². The van der Waals surface area contributed by atoms with E-state index in [1.807, 2.05) is 35.1 Å². The van der Waals surface area contributed by atoms with Crippen molar-refractivity contribution in [3.63, 3.8) is 0 Å². The van der Waals surface area contributed by atoms with Gasteiger partial charge in [0.15, 0.2) is 5.76 Å². The molecule has 0 unspecified atom stereocenters. The molecule has 0 aliphatic carbocycles.